The Hall–Kier alpha value is -2.03. The molecule has 0 saturated carbocycles. The number of rotatable bonds is 5. The largest absolute Gasteiger partial charge is 0.339 e. The Morgan fingerprint density at radius 1 is 1.12 bits per heavy atom. The summed E-state index contributed by atoms with van der Waals surface area (Å²) in [5, 5.41) is 3.30. The van der Waals surface area contributed by atoms with Gasteiger partial charge in [0.1, 0.15) is 5.02 Å². The molecule has 2 aromatic heterocycles. The molecule has 0 bridgehead atoms. The summed E-state index contributed by atoms with van der Waals surface area (Å²) < 4.78 is 24.4. The second-order valence-electron chi connectivity index (χ2n) is 5.15. The van der Waals surface area contributed by atoms with E-state index >= 15 is 0 Å². The summed E-state index contributed by atoms with van der Waals surface area (Å²) in [7, 11) is -3.30. The lowest BCUT2D eigenvalue weighted by atomic mass is 10.1. The molecule has 0 aliphatic rings. The smallest absolute Gasteiger partial charge is 0.224 e. The summed E-state index contributed by atoms with van der Waals surface area (Å²) in [5.41, 5.74) is 2.11. The summed E-state index contributed by atoms with van der Waals surface area (Å²) in [6.07, 6.45) is 4.43. The van der Waals surface area contributed by atoms with Crippen molar-refractivity contribution in [2.24, 2.45) is 0 Å². The number of hydrogen-bond acceptors (Lipinski definition) is 7. The summed E-state index contributed by atoms with van der Waals surface area (Å²) in [6.45, 7) is 1.60. The summed E-state index contributed by atoms with van der Waals surface area (Å²) in [6, 6.07) is 3.45. The molecule has 0 atom stereocenters. The highest BCUT2D eigenvalue weighted by Crippen LogP contribution is 2.30. The fraction of sp³-hybridized carbons (Fsp3) is 0.200. The van der Waals surface area contributed by atoms with Gasteiger partial charge in [-0.2, -0.15) is 4.98 Å². The number of aromatic nitrogens is 4. The third-order valence-corrected chi connectivity index (χ3v) is 5.58. The second kappa shape index (κ2) is 7.07. The summed E-state index contributed by atoms with van der Waals surface area (Å²) in [5.74, 6) is 0.113. The number of hydrogen-bond donors (Lipinski definition) is 1. The van der Waals surface area contributed by atoms with Gasteiger partial charge in [-0.05, 0) is 23.7 Å². The van der Waals surface area contributed by atoms with Crippen molar-refractivity contribution in [1.29, 1.82) is 0 Å². The quantitative estimate of drug-likeness (QED) is 0.658. The maximum atomic E-state index is 12.2. The molecular formula is C15H13Cl2N5O2S. The lowest BCUT2D eigenvalue weighted by Gasteiger charge is -2.14. The van der Waals surface area contributed by atoms with Gasteiger partial charge in [0.15, 0.2) is 15.7 Å². The lowest BCUT2D eigenvalue weighted by Crippen LogP contribution is -2.10. The lowest BCUT2D eigenvalue weighted by molar-refractivity contribution is 0.596. The van der Waals surface area contributed by atoms with Crippen LogP contribution in [0.1, 0.15) is 12.5 Å². The SMILES string of the molecule is CCS(=O)(=O)Cc1c(Nc2nc(Cl)ncc2Cl)ccc2nccnc12. The zero-order valence-electron chi connectivity index (χ0n) is 13.1. The van der Waals surface area contributed by atoms with Crippen molar-refractivity contribution in [2.45, 2.75) is 12.7 Å². The standard InChI is InChI=1S/C15H13Cl2N5O2S/c1-2-25(23,24)8-9-11(3-4-12-13(9)19-6-5-18-12)21-14-10(16)7-20-15(17)22-14/h3-7H,2,8H2,1H3,(H,20,21,22). The van der Waals surface area contributed by atoms with Crippen LogP contribution in [0.25, 0.3) is 11.0 Å². The fourth-order valence-corrected chi connectivity index (χ4v) is 3.45. The molecule has 1 N–H and O–H groups in total. The molecule has 25 heavy (non-hydrogen) atoms. The molecule has 10 heteroatoms. The van der Waals surface area contributed by atoms with Crippen molar-refractivity contribution in [1.82, 2.24) is 19.9 Å². The number of benzene rings is 1. The van der Waals surface area contributed by atoms with Crippen molar-refractivity contribution in [3.8, 4) is 0 Å². The average molecular weight is 398 g/mol. The number of nitrogens with one attached hydrogen (secondary N) is 1. The molecule has 3 aromatic rings. The summed E-state index contributed by atoms with van der Waals surface area (Å²) >= 11 is 11.9. The average Bonchev–Trinajstić information content (AvgIpc) is 2.60. The van der Waals surface area contributed by atoms with Crippen LogP contribution in [0, 0.1) is 0 Å². The van der Waals surface area contributed by atoms with Crippen molar-refractivity contribution in [2.75, 3.05) is 11.1 Å². The fourth-order valence-electron chi connectivity index (χ4n) is 2.24. The maximum absolute atomic E-state index is 12.2. The summed E-state index contributed by atoms with van der Waals surface area (Å²) in [4.78, 5) is 16.3. The van der Waals surface area contributed by atoms with Crippen LogP contribution in [0.15, 0.2) is 30.7 Å². The molecule has 1 aromatic carbocycles. The van der Waals surface area contributed by atoms with E-state index in [9.17, 15) is 8.42 Å². The van der Waals surface area contributed by atoms with Crippen LogP contribution < -0.4 is 5.32 Å². The van der Waals surface area contributed by atoms with Gasteiger partial charge in [0.2, 0.25) is 5.28 Å². The third-order valence-electron chi connectivity index (χ3n) is 3.52. The van der Waals surface area contributed by atoms with Gasteiger partial charge in [0, 0.05) is 29.4 Å². The van der Waals surface area contributed by atoms with Crippen LogP contribution in [0.3, 0.4) is 0 Å². The van der Waals surface area contributed by atoms with Crippen LogP contribution in [0.2, 0.25) is 10.3 Å². The van der Waals surface area contributed by atoms with Gasteiger partial charge in [-0.3, -0.25) is 9.97 Å². The zero-order chi connectivity index (χ0) is 18.0. The number of halogens is 2. The van der Waals surface area contributed by atoms with Crippen LogP contribution in [-0.4, -0.2) is 34.1 Å². The van der Waals surface area contributed by atoms with E-state index < -0.39 is 9.84 Å². The molecule has 0 radical (unpaired) electrons. The molecule has 0 amide bonds. The van der Waals surface area contributed by atoms with Gasteiger partial charge in [-0.25, -0.2) is 13.4 Å². The van der Waals surface area contributed by atoms with Crippen LogP contribution in [0.4, 0.5) is 11.5 Å². The second-order valence-corrected chi connectivity index (χ2v) is 8.25. The van der Waals surface area contributed by atoms with E-state index in [0.717, 1.165) is 0 Å². The van der Waals surface area contributed by atoms with E-state index in [0.29, 0.717) is 22.3 Å². The van der Waals surface area contributed by atoms with E-state index in [1.54, 1.807) is 25.3 Å². The Kier molecular flexibility index (Phi) is 5.03. The van der Waals surface area contributed by atoms with E-state index in [1.165, 1.54) is 12.4 Å². The molecule has 0 spiro atoms. The van der Waals surface area contributed by atoms with Crippen LogP contribution in [0.5, 0.6) is 0 Å². The monoisotopic (exact) mass is 397 g/mol. The molecular weight excluding hydrogens is 385 g/mol. The predicted octanol–water partition coefficient (Wildman–Crippen LogP) is 3.40. The minimum absolute atomic E-state index is 0.0170. The van der Waals surface area contributed by atoms with E-state index in [1.807, 2.05) is 0 Å². The zero-order valence-corrected chi connectivity index (χ0v) is 15.4. The first-order valence-corrected chi connectivity index (χ1v) is 9.85. The van der Waals surface area contributed by atoms with Crippen molar-refractivity contribution in [3.05, 3.63) is 46.6 Å². The Balaban J connectivity index is 2.15. The first-order valence-electron chi connectivity index (χ1n) is 7.27. The topological polar surface area (TPSA) is 97.7 Å². The van der Waals surface area contributed by atoms with E-state index in [2.05, 4.69) is 25.3 Å². The molecule has 0 fully saturated rings. The maximum Gasteiger partial charge on any atom is 0.224 e. The highest BCUT2D eigenvalue weighted by molar-refractivity contribution is 7.90. The highest BCUT2D eigenvalue weighted by Gasteiger charge is 2.18. The molecule has 0 saturated heterocycles. The van der Waals surface area contributed by atoms with Gasteiger partial charge in [-0.1, -0.05) is 18.5 Å². The molecule has 0 aliphatic carbocycles. The minimum atomic E-state index is -3.30. The van der Waals surface area contributed by atoms with E-state index in [4.69, 9.17) is 23.2 Å². The number of fused-ring (bicyclic) bond motifs is 1. The normalized spacial score (nSPS) is 11.6. The van der Waals surface area contributed by atoms with Gasteiger partial charge in [-0.15, -0.1) is 0 Å². The number of anilines is 2. The molecule has 0 aliphatic heterocycles. The molecule has 3 rings (SSSR count). The Bertz CT molecular complexity index is 1040. The van der Waals surface area contributed by atoms with Gasteiger partial charge in [0.25, 0.3) is 0 Å². The van der Waals surface area contributed by atoms with Gasteiger partial charge < -0.3 is 5.32 Å². The van der Waals surface area contributed by atoms with Crippen molar-refractivity contribution in [3.63, 3.8) is 0 Å². The minimum Gasteiger partial charge on any atom is -0.339 e. The van der Waals surface area contributed by atoms with Crippen molar-refractivity contribution >= 4 is 55.6 Å². The molecule has 0 unspecified atom stereocenters. The Labute approximate surface area is 154 Å². The molecule has 130 valence electrons. The van der Waals surface area contributed by atoms with Crippen molar-refractivity contribution < 1.29 is 8.42 Å². The Morgan fingerprint density at radius 2 is 1.88 bits per heavy atom. The first kappa shape index (κ1) is 17.8. The van der Waals surface area contributed by atoms with Crippen LogP contribution >= 0.6 is 23.2 Å². The van der Waals surface area contributed by atoms with Gasteiger partial charge in [0.05, 0.1) is 23.0 Å². The van der Waals surface area contributed by atoms with E-state index in [-0.39, 0.29) is 27.6 Å². The van der Waals surface area contributed by atoms with Gasteiger partial charge >= 0.3 is 0 Å². The Morgan fingerprint density at radius 3 is 2.64 bits per heavy atom. The number of nitrogens with zero attached hydrogens (tertiary/aromatic N) is 4. The first-order chi connectivity index (χ1) is 11.9. The highest BCUT2D eigenvalue weighted by atomic mass is 35.5. The molecule has 7 nitrogen and oxygen atoms in total. The van der Waals surface area contributed by atoms with Crippen LogP contribution in [-0.2, 0) is 15.6 Å². The number of sulfone groups is 1. The third kappa shape index (κ3) is 3.97. The molecule has 2 heterocycles. The predicted molar refractivity (Wildman–Crippen MR) is 98.0 cm³/mol.